The Hall–Kier alpha value is -2.30. The minimum Gasteiger partial charge on any atom is -0.441 e. The molecule has 0 aliphatic carbocycles. The Morgan fingerprint density at radius 3 is 3.00 bits per heavy atom. The third-order valence-electron chi connectivity index (χ3n) is 2.99. The molecular formula is C14H16N4O. The zero-order valence-corrected chi connectivity index (χ0v) is 11.1. The molecule has 0 fully saturated rings. The molecule has 2 aromatic heterocycles. The fourth-order valence-electron chi connectivity index (χ4n) is 2.00. The number of nitrogens with one attached hydrogen (secondary N) is 1. The molecule has 0 unspecified atom stereocenters. The number of hydrogen-bond donors (Lipinski definition) is 1. The highest BCUT2D eigenvalue weighted by Gasteiger charge is 2.05. The summed E-state index contributed by atoms with van der Waals surface area (Å²) in [6.07, 6.45) is 4.67. The largest absolute Gasteiger partial charge is 0.441 e. The minimum absolute atomic E-state index is 0.748. The molecule has 0 aliphatic heterocycles. The Kier molecular flexibility index (Phi) is 2.95. The smallest absolute Gasteiger partial charge is 0.195 e. The van der Waals surface area contributed by atoms with Gasteiger partial charge in [0.1, 0.15) is 5.52 Å². The standard InChI is InChI=1S/C14H16N4O/c1-3-14-17-12-6-11(4-5-13(12)19-14)15-7-10-8-16-18(2)9-10/h4-6,8-9,15H,3,7H2,1-2H3. The zero-order chi connectivity index (χ0) is 13.2. The molecule has 0 radical (unpaired) electrons. The summed E-state index contributed by atoms with van der Waals surface area (Å²) in [6, 6.07) is 5.96. The lowest BCUT2D eigenvalue weighted by Crippen LogP contribution is -1.98. The molecule has 3 aromatic rings. The van der Waals surface area contributed by atoms with E-state index in [1.807, 2.05) is 44.6 Å². The first-order valence-corrected chi connectivity index (χ1v) is 6.35. The second kappa shape index (κ2) is 4.76. The van der Waals surface area contributed by atoms with E-state index in [1.165, 1.54) is 0 Å². The SMILES string of the molecule is CCc1nc2cc(NCc3cnn(C)c3)ccc2o1. The van der Waals surface area contributed by atoms with Gasteiger partial charge < -0.3 is 9.73 Å². The minimum atomic E-state index is 0.748. The van der Waals surface area contributed by atoms with E-state index in [9.17, 15) is 0 Å². The lowest BCUT2D eigenvalue weighted by atomic mass is 10.2. The molecule has 0 saturated heterocycles. The van der Waals surface area contributed by atoms with Crippen LogP contribution in [0.3, 0.4) is 0 Å². The number of anilines is 1. The highest BCUT2D eigenvalue weighted by atomic mass is 16.3. The Morgan fingerprint density at radius 1 is 1.37 bits per heavy atom. The van der Waals surface area contributed by atoms with Gasteiger partial charge in [0.2, 0.25) is 0 Å². The van der Waals surface area contributed by atoms with E-state index in [-0.39, 0.29) is 0 Å². The molecule has 0 spiro atoms. The predicted molar refractivity (Wildman–Crippen MR) is 73.9 cm³/mol. The zero-order valence-electron chi connectivity index (χ0n) is 11.1. The molecule has 1 N–H and O–H groups in total. The number of aryl methyl sites for hydroxylation is 2. The number of aromatic nitrogens is 3. The summed E-state index contributed by atoms with van der Waals surface area (Å²) in [4.78, 5) is 4.43. The lowest BCUT2D eigenvalue weighted by molar-refractivity contribution is 0.538. The Labute approximate surface area is 111 Å². The van der Waals surface area contributed by atoms with E-state index in [0.29, 0.717) is 0 Å². The molecule has 0 amide bonds. The van der Waals surface area contributed by atoms with Crippen LogP contribution in [0.5, 0.6) is 0 Å². The molecule has 0 aliphatic rings. The summed E-state index contributed by atoms with van der Waals surface area (Å²) in [5.41, 5.74) is 3.92. The second-order valence-corrected chi connectivity index (χ2v) is 4.52. The third-order valence-corrected chi connectivity index (χ3v) is 2.99. The highest BCUT2D eigenvalue weighted by Crippen LogP contribution is 2.20. The van der Waals surface area contributed by atoms with Crippen molar-refractivity contribution in [3.8, 4) is 0 Å². The van der Waals surface area contributed by atoms with Gasteiger partial charge in [-0.3, -0.25) is 4.68 Å². The fourth-order valence-corrected chi connectivity index (χ4v) is 2.00. The topological polar surface area (TPSA) is 55.9 Å². The number of oxazole rings is 1. The van der Waals surface area contributed by atoms with Crippen LogP contribution in [0, 0.1) is 0 Å². The maximum Gasteiger partial charge on any atom is 0.195 e. The fraction of sp³-hybridized carbons (Fsp3) is 0.286. The normalized spacial score (nSPS) is 11.1. The van der Waals surface area contributed by atoms with Gasteiger partial charge in [-0.05, 0) is 18.2 Å². The summed E-state index contributed by atoms with van der Waals surface area (Å²) in [5, 5.41) is 7.50. The van der Waals surface area contributed by atoms with Crippen LogP contribution >= 0.6 is 0 Å². The molecule has 0 bridgehead atoms. The molecule has 3 rings (SSSR count). The van der Waals surface area contributed by atoms with Gasteiger partial charge >= 0.3 is 0 Å². The van der Waals surface area contributed by atoms with Crippen molar-refractivity contribution in [2.45, 2.75) is 19.9 Å². The predicted octanol–water partition coefficient (Wildman–Crippen LogP) is 2.74. The maximum absolute atomic E-state index is 5.59. The highest BCUT2D eigenvalue weighted by molar-refractivity contribution is 5.77. The molecule has 1 aromatic carbocycles. The van der Waals surface area contributed by atoms with Gasteiger partial charge in [0, 0.05) is 37.5 Å². The van der Waals surface area contributed by atoms with Crippen molar-refractivity contribution in [3.05, 3.63) is 42.0 Å². The molecule has 19 heavy (non-hydrogen) atoms. The summed E-state index contributed by atoms with van der Waals surface area (Å²) in [5.74, 6) is 0.777. The van der Waals surface area contributed by atoms with E-state index in [0.717, 1.165) is 41.2 Å². The quantitative estimate of drug-likeness (QED) is 0.779. The number of nitrogens with zero attached hydrogens (tertiary/aromatic N) is 3. The summed E-state index contributed by atoms with van der Waals surface area (Å²) in [7, 11) is 1.91. The average molecular weight is 256 g/mol. The average Bonchev–Trinajstić information content (AvgIpc) is 3.01. The van der Waals surface area contributed by atoms with Gasteiger partial charge in [-0.15, -0.1) is 0 Å². The molecule has 5 nitrogen and oxygen atoms in total. The van der Waals surface area contributed by atoms with Crippen LogP contribution < -0.4 is 5.32 Å². The van der Waals surface area contributed by atoms with Gasteiger partial charge in [0.25, 0.3) is 0 Å². The van der Waals surface area contributed by atoms with Crippen LogP contribution in [0.4, 0.5) is 5.69 Å². The summed E-state index contributed by atoms with van der Waals surface area (Å²) < 4.78 is 7.38. The monoisotopic (exact) mass is 256 g/mol. The van der Waals surface area contributed by atoms with E-state index in [2.05, 4.69) is 15.4 Å². The number of rotatable bonds is 4. The van der Waals surface area contributed by atoms with Crippen molar-refractivity contribution in [1.82, 2.24) is 14.8 Å². The second-order valence-electron chi connectivity index (χ2n) is 4.52. The maximum atomic E-state index is 5.59. The molecule has 98 valence electrons. The van der Waals surface area contributed by atoms with Crippen LogP contribution in [0.2, 0.25) is 0 Å². The van der Waals surface area contributed by atoms with Crippen molar-refractivity contribution in [2.24, 2.45) is 7.05 Å². The van der Waals surface area contributed by atoms with E-state index in [1.54, 1.807) is 4.68 Å². The van der Waals surface area contributed by atoms with Crippen molar-refractivity contribution < 1.29 is 4.42 Å². The van der Waals surface area contributed by atoms with Crippen molar-refractivity contribution in [1.29, 1.82) is 0 Å². The van der Waals surface area contributed by atoms with Crippen LogP contribution in [0.1, 0.15) is 18.4 Å². The van der Waals surface area contributed by atoms with E-state index in [4.69, 9.17) is 4.42 Å². The van der Waals surface area contributed by atoms with Crippen LogP contribution in [0.15, 0.2) is 35.0 Å². The van der Waals surface area contributed by atoms with Gasteiger partial charge in [-0.25, -0.2) is 4.98 Å². The Balaban J connectivity index is 1.77. The van der Waals surface area contributed by atoms with Crippen LogP contribution in [0.25, 0.3) is 11.1 Å². The Morgan fingerprint density at radius 2 is 2.26 bits per heavy atom. The number of hydrogen-bond acceptors (Lipinski definition) is 4. The first kappa shape index (κ1) is 11.8. The molecule has 0 atom stereocenters. The number of benzene rings is 1. The van der Waals surface area contributed by atoms with Gasteiger partial charge in [0.05, 0.1) is 6.20 Å². The lowest BCUT2D eigenvalue weighted by Gasteiger charge is -2.03. The van der Waals surface area contributed by atoms with Crippen LogP contribution in [-0.4, -0.2) is 14.8 Å². The van der Waals surface area contributed by atoms with E-state index < -0.39 is 0 Å². The van der Waals surface area contributed by atoms with Gasteiger partial charge in [0.15, 0.2) is 11.5 Å². The van der Waals surface area contributed by atoms with Crippen molar-refractivity contribution >= 4 is 16.8 Å². The first-order valence-electron chi connectivity index (χ1n) is 6.35. The molecule has 2 heterocycles. The van der Waals surface area contributed by atoms with Gasteiger partial charge in [-0.1, -0.05) is 6.92 Å². The third kappa shape index (κ3) is 2.45. The molecular weight excluding hydrogens is 240 g/mol. The summed E-state index contributed by atoms with van der Waals surface area (Å²) >= 11 is 0. The van der Waals surface area contributed by atoms with Crippen molar-refractivity contribution in [3.63, 3.8) is 0 Å². The van der Waals surface area contributed by atoms with Gasteiger partial charge in [-0.2, -0.15) is 5.10 Å². The van der Waals surface area contributed by atoms with E-state index >= 15 is 0 Å². The van der Waals surface area contributed by atoms with Crippen molar-refractivity contribution in [2.75, 3.05) is 5.32 Å². The van der Waals surface area contributed by atoms with Crippen LogP contribution in [-0.2, 0) is 20.0 Å². The number of fused-ring (bicyclic) bond motifs is 1. The summed E-state index contributed by atoms with van der Waals surface area (Å²) in [6.45, 7) is 2.78. The molecule has 5 heteroatoms. The molecule has 0 saturated carbocycles. The Bertz CT molecular complexity index is 698. The first-order chi connectivity index (χ1) is 9.24.